The molecule has 1 aromatic rings. The van der Waals surface area contributed by atoms with Crippen LogP contribution in [0, 0.1) is 5.92 Å². The van der Waals surface area contributed by atoms with Crippen LogP contribution in [0.3, 0.4) is 0 Å². The monoisotopic (exact) mass is 376 g/mol. The maximum atomic E-state index is 13.1. The predicted molar refractivity (Wildman–Crippen MR) is 94.2 cm³/mol. The van der Waals surface area contributed by atoms with E-state index in [1.54, 1.807) is 19.2 Å². The molecule has 1 fully saturated rings. The van der Waals surface area contributed by atoms with Gasteiger partial charge < -0.3 is 14.8 Å². The molecule has 6 nitrogen and oxygen atoms in total. The number of piperidine rings is 1. The van der Waals surface area contributed by atoms with E-state index in [-0.39, 0.29) is 11.5 Å². The molecule has 0 saturated carbocycles. The van der Waals surface area contributed by atoms with Gasteiger partial charge in [-0.2, -0.15) is 4.31 Å². The van der Waals surface area contributed by atoms with E-state index in [1.807, 2.05) is 7.05 Å². The summed E-state index contributed by atoms with van der Waals surface area (Å²) >= 11 is 6.03. The Morgan fingerprint density at radius 3 is 2.88 bits per heavy atom. The molecule has 2 rings (SSSR count). The number of rotatable bonds is 8. The largest absolute Gasteiger partial charge is 0.490 e. The number of hydrogen-bond acceptors (Lipinski definition) is 5. The molecule has 1 N–H and O–H groups in total. The van der Waals surface area contributed by atoms with Crippen LogP contribution in [0.25, 0.3) is 0 Å². The fourth-order valence-electron chi connectivity index (χ4n) is 2.88. The van der Waals surface area contributed by atoms with Crippen LogP contribution in [0.4, 0.5) is 0 Å². The van der Waals surface area contributed by atoms with Crippen LogP contribution >= 0.6 is 11.6 Å². The number of sulfonamides is 1. The first-order valence-electron chi connectivity index (χ1n) is 8.05. The second kappa shape index (κ2) is 9.01. The van der Waals surface area contributed by atoms with Crippen molar-refractivity contribution in [3.8, 4) is 5.75 Å². The maximum Gasteiger partial charge on any atom is 0.246 e. The highest BCUT2D eigenvalue weighted by Gasteiger charge is 2.32. The van der Waals surface area contributed by atoms with Crippen molar-refractivity contribution in [1.82, 2.24) is 9.62 Å². The van der Waals surface area contributed by atoms with E-state index in [4.69, 9.17) is 21.1 Å². The molecule has 1 aliphatic rings. The highest BCUT2D eigenvalue weighted by Crippen LogP contribution is 2.32. The Labute approximate surface area is 149 Å². The molecular weight excluding hydrogens is 352 g/mol. The van der Waals surface area contributed by atoms with E-state index in [2.05, 4.69) is 5.32 Å². The first-order valence-corrected chi connectivity index (χ1v) is 9.87. The Bertz CT molecular complexity index is 637. The zero-order valence-electron chi connectivity index (χ0n) is 14.1. The summed E-state index contributed by atoms with van der Waals surface area (Å²) in [6.45, 7) is 2.50. The summed E-state index contributed by atoms with van der Waals surface area (Å²) in [7, 11) is -0.199. The Kier molecular flexibility index (Phi) is 7.31. The zero-order valence-corrected chi connectivity index (χ0v) is 15.7. The van der Waals surface area contributed by atoms with Gasteiger partial charge in [0.1, 0.15) is 17.3 Å². The average molecular weight is 377 g/mol. The van der Waals surface area contributed by atoms with Crippen LogP contribution in [0.2, 0.25) is 5.02 Å². The molecule has 0 spiro atoms. The third-order valence-corrected chi connectivity index (χ3v) is 6.16. The van der Waals surface area contributed by atoms with Crippen molar-refractivity contribution in [3.05, 3.63) is 23.2 Å². The van der Waals surface area contributed by atoms with Gasteiger partial charge in [0.25, 0.3) is 0 Å². The molecular formula is C16H25ClN2O4S. The quantitative estimate of drug-likeness (QED) is 0.703. The summed E-state index contributed by atoms with van der Waals surface area (Å²) in [5, 5.41) is 3.49. The van der Waals surface area contributed by atoms with Crippen LogP contribution in [0.5, 0.6) is 5.75 Å². The standard InChI is InChI=1S/C16H25ClN2O4S/c1-18-11-13-4-3-7-19(12-13)24(20,21)16-10-14(17)5-6-15(16)23-9-8-22-2/h5-6,10,13,18H,3-4,7-9,11-12H2,1-2H3/t13-/m1/s1. The third-order valence-electron chi connectivity index (χ3n) is 4.04. The highest BCUT2D eigenvalue weighted by atomic mass is 35.5. The van der Waals surface area contributed by atoms with Gasteiger partial charge in [0.15, 0.2) is 0 Å². The predicted octanol–water partition coefficient (Wildman–Crippen LogP) is 1.99. The molecule has 0 amide bonds. The van der Waals surface area contributed by atoms with Crippen LogP contribution in [0.15, 0.2) is 23.1 Å². The molecule has 0 unspecified atom stereocenters. The number of nitrogens with one attached hydrogen (secondary N) is 1. The van der Waals surface area contributed by atoms with Crippen LogP contribution in [-0.4, -0.2) is 59.7 Å². The minimum atomic E-state index is -3.65. The zero-order chi connectivity index (χ0) is 17.6. The van der Waals surface area contributed by atoms with Crippen molar-refractivity contribution in [2.75, 3.05) is 47.0 Å². The summed E-state index contributed by atoms with van der Waals surface area (Å²) in [5.41, 5.74) is 0. The lowest BCUT2D eigenvalue weighted by Gasteiger charge is -2.32. The first-order chi connectivity index (χ1) is 11.5. The van der Waals surface area contributed by atoms with Gasteiger partial charge in [0.05, 0.1) is 6.61 Å². The minimum Gasteiger partial charge on any atom is -0.490 e. The van der Waals surface area contributed by atoms with Gasteiger partial charge in [-0.25, -0.2) is 8.42 Å². The number of methoxy groups -OCH3 is 1. The van der Waals surface area contributed by atoms with Crippen molar-refractivity contribution in [2.45, 2.75) is 17.7 Å². The fourth-order valence-corrected chi connectivity index (χ4v) is 4.83. The van der Waals surface area contributed by atoms with Gasteiger partial charge in [-0.15, -0.1) is 0 Å². The lowest BCUT2D eigenvalue weighted by atomic mass is 10.00. The van der Waals surface area contributed by atoms with E-state index in [1.165, 1.54) is 10.4 Å². The van der Waals surface area contributed by atoms with E-state index >= 15 is 0 Å². The summed E-state index contributed by atoms with van der Waals surface area (Å²) in [4.78, 5) is 0.121. The number of hydrogen-bond donors (Lipinski definition) is 1. The average Bonchev–Trinajstić information content (AvgIpc) is 2.57. The smallest absolute Gasteiger partial charge is 0.246 e. The molecule has 1 aliphatic heterocycles. The van der Waals surface area contributed by atoms with Crippen LogP contribution < -0.4 is 10.1 Å². The lowest BCUT2D eigenvalue weighted by molar-refractivity contribution is 0.144. The van der Waals surface area contributed by atoms with Crippen molar-refractivity contribution >= 4 is 21.6 Å². The van der Waals surface area contributed by atoms with Gasteiger partial charge in [0, 0.05) is 25.2 Å². The second-order valence-electron chi connectivity index (χ2n) is 5.86. The third kappa shape index (κ3) is 4.83. The topological polar surface area (TPSA) is 67.9 Å². The van der Waals surface area contributed by atoms with E-state index in [9.17, 15) is 8.42 Å². The van der Waals surface area contributed by atoms with Crippen molar-refractivity contribution < 1.29 is 17.9 Å². The van der Waals surface area contributed by atoms with E-state index in [0.29, 0.717) is 36.4 Å². The second-order valence-corrected chi connectivity index (χ2v) is 8.20. The maximum absolute atomic E-state index is 13.1. The van der Waals surface area contributed by atoms with Gasteiger partial charge >= 0.3 is 0 Å². The lowest BCUT2D eigenvalue weighted by Crippen LogP contribution is -2.42. The van der Waals surface area contributed by atoms with Crippen molar-refractivity contribution in [1.29, 1.82) is 0 Å². The number of halogens is 1. The van der Waals surface area contributed by atoms with Gasteiger partial charge in [0.2, 0.25) is 10.0 Å². The Morgan fingerprint density at radius 1 is 1.38 bits per heavy atom. The number of ether oxygens (including phenoxy) is 2. The SMILES string of the molecule is CNC[C@H]1CCCN(S(=O)(=O)c2cc(Cl)ccc2OCCOC)C1. The van der Waals surface area contributed by atoms with E-state index < -0.39 is 10.0 Å². The molecule has 1 atom stereocenters. The Balaban J connectivity index is 2.25. The summed E-state index contributed by atoms with van der Waals surface area (Å²) in [5.74, 6) is 0.628. The number of nitrogens with zero attached hydrogens (tertiary/aromatic N) is 1. The summed E-state index contributed by atoms with van der Waals surface area (Å²) in [6, 6.07) is 4.68. The normalized spacial score (nSPS) is 19.4. The van der Waals surface area contributed by atoms with Gasteiger partial charge in [-0.1, -0.05) is 11.6 Å². The van der Waals surface area contributed by atoms with Crippen LogP contribution in [0.1, 0.15) is 12.8 Å². The molecule has 8 heteroatoms. The summed E-state index contributed by atoms with van der Waals surface area (Å²) in [6.07, 6.45) is 1.88. The first kappa shape index (κ1) is 19.5. The van der Waals surface area contributed by atoms with Gasteiger partial charge in [-0.05, 0) is 50.6 Å². The van der Waals surface area contributed by atoms with Crippen LogP contribution in [-0.2, 0) is 14.8 Å². The molecule has 0 radical (unpaired) electrons. The molecule has 24 heavy (non-hydrogen) atoms. The van der Waals surface area contributed by atoms with Crippen molar-refractivity contribution in [2.24, 2.45) is 5.92 Å². The number of benzene rings is 1. The fraction of sp³-hybridized carbons (Fsp3) is 0.625. The molecule has 1 heterocycles. The minimum absolute atomic E-state index is 0.121. The molecule has 0 bridgehead atoms. The highest BCUT2D eigenvalue weighted by molar-refractivity contribution is 7.89. The molecule has 0 aliphatic carbocycles. The Morgan fingerprint density at radius 2 is 2.17 bits per heavy atom. The molecule has 0 aromatic heterocycles. The van der Waals surface area contributed by atoms with Gasteiger partial charge in [-0.3, -0.25) is 0 Å². The van der Waals surface area contributed by atoms with E-state index in [0.717, 1.165) is 19.4 Å². The Hall–Kier alpha value is -0.860. The molecule has 136 valence electrons. The molecule has 1 aromatic carbocycles. The van der Waals surface area contributed by atoms with Crippen molar-refractivity contribution in [3.63, 3.8) is 0 Å². The molecule has 1 saturated heterocycles. The summed E-state index contributed by atoms with van der Waals surface area (Å²) < 4.78 is 38.2.